The molecule has 3 unspecified atom stereocenters. The molecule has 0 radical (unpaired) electrons. The highest BCUT2D eigenvalue weighted by atomic mass is 15.0. The first-order valence-corrected chi connectivity index (χ1v) is 5.55. The summed E-state index contributed by atoms with van der Waals surface area (Å²) in [6.07, 6.45) is 2.85. The van der Waals surface area contributed by atoms with Crippen LogP contribution in [0.3, 0.4) is 0 Å². The molecule has 0 bridgehead atoms. The van der Waals surface area contributed by atoms with Crippen LogP contribution in [0.1, 0.15) is 25.3 Å². The molecule has 2 fully saturated rings. The summed E-state index contributed by atoms with van der Waals surface area (Å²) < 4.78 is 0. The lowest BCUT2D eigenvalue weighted by Crippen LogP contribution is -2.41. The molecule has 0 aromatic heterocycles. The van der Waals surface area contributed by atoms with Gasteiger partial charge in [-0.3, -0.25) is 0 Å². The Labute approximate surface area is 85.5 Å². The Kier molecular flexibility index (Phi) is 1.72. The minimum Gasteiger partial charge on any atom is -0.310 e. The van der Waals surface area contributed by atoms with Crippen molar-refractivity contribution in [3.63, 3.8) is 0 Å². The molecule has 2 aliphatic rings. The van der Waals surface area contributed by atoms with E-state index in [1.54, 1.807) is 0 Å². The number of benzene rings is 1. The van der Waals surface area contributed by atoms with Gasteiger partial charge in [-0.2, -0.15) is 0 Å². The largest absolute Gasteiger partial charge is 0.310 e. The molecule has 2 saturated carbocycles. The van der Waals surface area contributed by atoms with Crippen molar-refractivity contribution in [2.45, 2.75) is 32.4 Å². The van der Waals surface area contributed by atoms with E-state index in [1.165, 1.54) is 18.4 Å². The summed E-state index contributed by atoms with van der Waals surface area (Å²) in [5, 5.41) is 3.65. The van der Waals surface area contributed by atoms with E-state index in [4.69, 9.17) is 0 Å². The molecule has 0 saturated heterocycles. The van der Waals surface area contributed by atoms with Gasteiger partial charge in [-0.15, -0.1) is 0 Å². The maximum atomic E-state index is 3.65. The van der Waals surface area contributed by atoms with Crippen LogP contribution in [-0.2, 0) is 6.54 Å². The van der Waals surface area contributed by atoms with E-state index < -0.39 is 0 Å². The lowest BCUT2D eigenvalue weighted by atomic mass is 9.81. The van der Waals surface area contributed by atoms with Crippen LogP contribution in [0.4, 0.5) is 0 Å². The van der Waals surface area contributed by atoms with Crippen molar-refractivity contribution in [2.24, 2.45) is 11.3 Å². The van der Waals surface area contributed by atoms with Crippen LogP contribution < -0.4 is 5.32 Å². The minimum atomic E-state index is 0.744. The molecule has 1 aromatic rings. The Morgan fingerprint density at radius 1 is 1.29 bits per heavy atom. The normalized spacial score (nSPS) is 38.6. The Hall–Kier alpha value is -0.820. The fourth-order valence-electron chi connectivity index (χ4n) is 2.85. The number of hydrogen-bond donors (Lipinski definition) is 1. The van der Waals surface area contributed by atoms with Gasteiger partial charge in [0.05, 0.1) is 0 Å². The van der Waals surface area contributed by atoms with Gasteiger partial charge in [0.25, 0.3) is 0 Å². The quantitative estimate of drug-likeness (QED) is 0.767. The summed E-state index contributed by atoms with van der Waals surface area (Å²) in [4.78, 5) is 0. The summed E-state index contributed by atoms with van der Waals surface area (Å²) in [6, 6.07) is 11.5. The molecular weight excluding hydrogens is 170 g/mol. The second-order valence-corrected chi connectivity index (χ2v) is 5.14. The van der Waals surface area contributed by atoms with E-state index >= 15 is 0 Å². The van der Waals surface area contributed by atoms with Gasteiger partial charge in [-0.05, 0) is 29.7 Å². The predicted molar refractivity (Wildman–Crippen MR) is 57.9 cm³/mol. The fourth-order valence-corrected chi connectivity index (χ4v) is 2.85. The van der Waals surface area contributed by atoms with Crippen LogP contribution in [-0.4, -0.2) is 6.04 Å². The van der Waals surface area contributed by atoms with Crippen LogP contribution in [0.5, 0.6) is 0 Å². The summed E-state index contributed by atoms with van der Waals surface area (Å²) in [5.74, 6) is 0.992. The Morgan fingerprint density at radius 2 is 2.07 bits per heavy atom. The molecule has 0 spiro atoms. The van der Waals surface area contributed by atoms with E-state index in [0.29, 0.717) is 0 Å². The molecule has 0 aliphatic heterocycles. The third-order valence-corrected chi connectivity index (χ3v) is 4.00. The molecule has 1 N–H and O–H groups in total. The smallest absolute Gasteiger partial charge is 0.0208 e. The highest BCUT2D eigenvalue weighted by Gasteiger charge is 2.63. The van der Waals surface area contributed by atoms with Crippen LogP contribution in [0.25, 0.3) is 0 Å². The SMILES string of the molecule is CC12CC(NCc3ccccc3)C1C2. The minimum absolute atomic E-state index is 0.744. The fraction of sp³-hybridized carbons (Fsp3) is 0.538. The molecule has 2 aliphatic carbocycles. The van der Waals surface area contributed by atoms with Gasteiger partial charge in [0.15, 0.2) is 0 Å². The van der Waals surface area contributed by atoms with Gasteiger partial charge in [0.2, 0.25) is 0 Å². The second-order valence-electron chi connectivity index (χ2n) is 5.14. The molecule has 3 atom stereocenters. The Morgan fingerprint density at radius 3 is 2.64 bits per heavy atom. The number of fused-ring (bicyclic) bond motifs is 1. The first-order chi connectivity index (χ1) is 6.78. The van der Waals surface area contributed by atoms with Crippen molar-refractivity contribution >= 4 is 0 Å². The second kappa shape index (κ2) is 2.83. The van der Waals surface area contributed by atoms with Crippen LogP contribution in [0.2, 0.25) is 0 Å². The molecule has 1 nitrogen and oxygen atoms in total. The standard InChI is InChI=1S/C13H17N/c1-13-7-11(13)12(8-13)14-9-10-5-3-2-4-6-10/h2-6,11-12,14H,7-9H2,1H3. The highest BCUT2D eigenvalue weighted by molar-refractivity contribution is 5.18. The van der Waals surface area contributed by atoms with E-state index in [1.807, 2.05) is 0 Å². The van der Waals surface area contributed by atoms with Crippen molar-refractivity contribution < 1.29 is 0 Å². The molecule has 14 heavy (non-hydrogen) atoms. The van der Waals surface area contributed by atoms with Gasteiger partial charge >= 0.3 is 0 Å². The number of rotatable bonds is 3. The third-order valence-electron chi connectivity index (χ3n) is 4.00. The highest BCUT2D eigenvalue weighted by Crippen LogP contribution is 2.67. The summed E-state index contributed by atoms with van der Waals surface area (Å²) in [6.45, 7) is 3.45. The first kappa shape index (κ1) is 8.49. The lowest BCUT2D eigenvalue weighted by molar-refractivity contribution is 0.226. The van der Waals surface area contributed by atoms with Crippen molar-refractivity contribution in [1.29, 1.82) is 0 Å². The number of nitrogens with one attached hydrogen (secondary N) is 1. The zero-order valence-corrected chi connectivity index (χ0v) is 8.66. The van der Waals surface area contributed by atoms with Gasteiger partial charge in [-0.25, -0.2) is 0 Å². The zero-order chi connectivity index (χ0) is 9.60. The van der Waals surface area contributed by atoms with Crippen LogP contribution in [0.15, 0.2) is 30.3 Å². The summed E-state index contributed by atoms with van der Waals surface area (Å²) >= 11 is 0. The van der Waals surface area contributed by atoms with E-state index in [9.17, 15) is 0 Å². The average molecular weight is 187 g/mol. The van der Waals surface area contributed by atoms with Gasteiger partial charge < -0.3 is 5.32 Å². The number of hydrogen-bond acceptors (Lipinski definition) is 1. The molecule has 0 amide bonds. The van der Waals surface area contributed by atoms with E-state index in [0.717, 1.165) is 23.9 Å². The monoisotopic (exact) mass is 187 g/mol. The Bertz CT molecular complexity index is 332. The summed E-state index contributed by atoms with van der Waals surface area (Å²) in [5.41, 5.74) is 2.15. The molecular formula is C13H17N. The lowest BCUT2D eigenvalue weighted by Gasteiger charge is -2.32. The predicted octanol–water partition coefficient (Wildman–Crippen LogP) is 2.57. The molecule has 74 valence electrons. The van der Waals surface area contributed by atoms with Gasteiger partial charge in [-0.1, -0.05) is 37.3 Å². The van der Waals surface area contributed by atoms with Gasteiger partial charge in [0, 0.05) is 12.6 Å². The van der Waals surface area contributed by atoms with Crippen LogP contribution in [0, 0.1) is 11.3 Å². The van der Waals surface area contributed by atoms with Crippen molar-refractivity contribution in [3.8, 4) is 0 Å². The maximum absolute atomic E-state index is 3.65. The van der Waals surface area contributed by atoms with E-state index in [-0.39, 0.29) is 0 Å². The first-order valence-electron chi connectivity index (χ1n) is 5.55. The van der Waals surface area contributed by atoms with Gasteiger partial charge in [0.1, 0.15) is 0 Å². The molecule has 1 aromatic carbocycles. The van der Waals surface area contributed by atoms with Crippen molar-refractivity contribution in [3.05, 3.63) is 35.9 Å². The molecule has 3 rings (SSSR count). The van der Waals surface area contributed by atoms with Crippen molar-refractivity contribution in [2.75, 3.05) is 0 Å². The van der Waals surface area contributed by atoms with E-state index in [2.05, 4.69) is 42.6 Å². The topological polar surface area (TPSA) is 12.0 Å². The van der Waals surface area contributed by atoms with Crippen LogP contribution >= 0.6 is 0 Å². The summed E-state index contributed by atoms with van der Waals surface area (Å²) in [7, 11) is 0. The maximum Gasteiger partial charge on any atom is 0.0208 e. The zero-order valence-electron chi connectivity index (χ0n) is 8.66. The Balaban J connectivity index is 1.52. The average Bonchev–Trinajstić information content (AvgIpc) is 2.74. The molecule has 0 heterocycles. The van der Waals surface area contributed by atoms with Crippen molar-refractivity contribution in [1.82, 2.24) is 5.32 Å². The molecule has 1 heteroatoms. The third kappa shape index (κ3) is 1.27.